The maximum absolute atomic E-state index is 11.5. The summed E-state index contributed by atoms with van der Waals surface area (Å²) in [5, 5.41) is 22.6. The Morgan fingerprint density at radius 1 is 0.686 bits per heavy atom. The van der Waals surface area contributed by atoms with Gasteiger partial charge < -0.3 is 19.7 Å². The minimum atomic E-state index is -0.866. The van der Waals surface area contributed by atoms with Crippen LogP contribution in [0.25, 0.3) is 21.5 Å². The highest BCUT2D eigenvalue weighted by molar-refractivity contribution is 5.93. The second-order valence-corrected chi connectivity index (χ2v) is 8.75. The quantitative estimate of drug-likeness (QED) is 0.328. The van der Waals surface area contributed by atoms with Crippen LogP contribution in [0.3, 0.4) is 0 Å². The highest BCUT2D eigenvalue weighted by Crippen LogP contribution is 2.37. The second kappa shape index (κ2) is 9.66. The van der Waals surface area contributed by atoms with Gasteiger partial charge in [-0.1, -0.05) is 48.5 Å². The Labute approximate surface area is 203 Å². The molecular weight excluding hydrogens is 444 g/mol. The number of rotatable bonds is 8. The van der Waals surface area contributed by atoms with Crippen LogP contribution in [0.15, 0.2) is 60.7 Å². The van der Waals surface area contributed by atoms with E-state index in [1.807, 2.05) is 60.7 Å². The molecule has 4 aromatic carbocycles. The van der Waals surface area contributed by atoms with Crippen molar-refractivity contribution in [1.29, 1.82) is 0 Å². The van der Waals surface area contributed by atoms with Gasteiger partial charge in [0.25, 0.3) is 0 Å². The molecule has 4 rings (SSSR count). The van der Waals surface area contributed by atoms with Crippen molar-refractivity contribution < 1.29 is 29.3 Å². The summed E-state index contributed by atoms with van der Waals surface area (Å²) < 4.78 is 11.4. The van der Waals surface area contributed by atoms with E-state index < -0.39 is 23.8 Å². The van der Waals surface area contributed by atoms with E-state index in [1.165, 1.54) is 0 Å². The van der Waals surface area contributed by atoms with Gasteiger partial charge in [0.2, 0.25) is 0 Å². The highest BCUT2D eigenvalue weighted by atomic mass is 16.5. The first kappa shape index (κ1) is 24.1. The molecule has 0 aliphatic heterocycles. The van der Waals surface area contributed by atoms with E-state index in [9.17, 15) is 19.8 Å². The monoisotopic (exact) mass is 472 g/mol. The predicted octanol–water partition coefficient (Wildman–Crippen LogP) is 5.98. The van der Waals surface area contributed by atoms with Crippen LogP contribution < -0.4 is 9.47 Å². The van der Waals surface area contributed by atoms with Crippen LogP contribution in [0.4, 0.5) is 0 Å². The Hall–Kier alpha value is -4.06. The van der Waals surface area contributed by atoms with Crippen molar-refractivity contribution in [2.24, 2.45) is 0 Å². The zero-order valence-electron chi connectivity index (χ0n) is 20.2. The summed E-state index contributed by atoms with van der Waals surface area (Å²) in [6, 6.07) is 19.1. The van der Waals surface area contributed by atoms with E-state index in [1.54, 1.807) is 28.1 Å². The molecule has 4 aromatic rings. The maximum Gasteiger partial charge on any atom is 0.310 e. The average molecular weight is 473 g/mol. The molecule has 6 heteroatoms. The van der Waals surface area contributed by atoms with Gasteiger partial charge in [-0.25, -0.2) is 0 Å². The number of fused-ring (bicyclic) bond motifs is 2. The molecule has 2 unspecified atom stereocenters. The highest BCUT2D eigenvalue weighted by Gasteiger charge is 2.19. The van der Waals surface area contributed by atoms with Gasteiger partial charge in [-0.05, 0) is 58.7 Å². The SMILES string of the molecule is COc1ccc2cc(C(C)C(=O)O)ccc2c1Cc1c(OC)ccc2cc(C(C)C(=O)O)ccc12. The number of hydrogen-bond donors (Lipinski definition) is 2. The zero-order valence-corrected chi connectivity index (χ0v) is 20.2. The summed E-state index contributed by atoms with van der Waals surface area (Å²) in [7, 11) is 3.26. The fourth-order valence-corrected chi connectivity index (χ4v) is 4.53. The molecule has 0 saturated carbocycles. The van der Waals surface area contributed by atoms with Gasteiger partial charge in [-0.2, -0.15) is 0 Å². The van der Waals surface area contributed by atoms with Gasteiger partial charge in [-0.15, -0.1) is 0 Å². The summed E-state index contributed by atoms with van der Waals surface area (Å²) in [5.74, 6) is -1.49. The molecular formula is C29H28O6. The van der Waals surface area contributed by atoms with E-state index in [0.717, 1.165) is 55.3 Å². The fourth-order valence-electron chi connectivity index (χ4n) is 4.53. The Kier molecular flexibility index (Phi) is 6.65. The zero-order chi connectivity index (χ0) is 25.3. The third-order valence-corrected chi connectivity index (χ3v) is 6.76. The van der Waals surface area contributed by atoms with E-state index in [2.05, 4.69) is 0 Å². The molecule has 0 heterocycles. The summed E-state index contributed by atoms with van der Waals surface area (Å²) in [5.41, 5.74) is 3.41. The molecule has 6 nitrogen and oxygen atoms in total. The summed E-state index contributed by atoms with van der Waals surface area (Å²) in [4.78, 5) is 23.0. The van der Waals surface area contributed by atoms with Crippen molar-refractivity contribution in [1.82, 2.24) is 0 Å². The van der Waals surface area contributed by atoms with Crippen molar-refractivity contribution in [2.45, 2.75) is 32.1 Å². The molecule has 35 heavy (non-hydrogen) atoms. The molecule has 0 spiro atoms. The molecule has 0 radical (unpaired) electrons. The largest absolute Gasteiger partial charge is 0.496 e. The summed E-state index contributed by atoms with van der Waals surface area (Å²) in [6.07, 6.45) is 0.517. The molecule has 0 amide bonds. The van der Waals surface area contributed by atoms with Crippen LogP contribution in [-0.2, 0) is 16.0 Å². The first-order valence-corrected chi connectivity index (χ1v) is 11.4. The van der Waals surface area contributed by atoms with Crippen LogP contribution in [0, 0.1) is 0 Å². The number of carbonyl (C=O) groups is 2. The van der Waals surface area contributed by atoms with Gasteiger partial charge in [0.15, 0.2) is 0 Å². The maximum atomic E-state index is 11.5. The molecule has 2 N–H and O–H groups in total. The molecule has 0 aliphatic carbocycles. The second-order valence-electron chi connectivity index (χ2n) is 8.75. The lowest BCUT2D eigenvalue weighted by Gasteiger charge is -2.18. The Balaban J connectivity index is 1.88. The predicted molar refractivity (Wildman–Crippen MR) is 136 cm³/mol. The molecule has 180 valence electrons. The average Bonchev–Trinajstić information content (AvgIpc) is 2.87. The van der Waals surface area contributed by atoms with Gasteiger partial charge in [0, 0.05) is 17.5 Å². The van der Waals surface area contributed by atoms with E-state index >= 15 is 0 Å². The van der Waals surface area contributed by atoms with E-state index in [4.69, 9.17) is 9.47 Å². The van der Waals surface area contributed by atoms with Gasteiger partial charge in [0.05, 0.1) is 26.1 Å². The fraction of sp³-hybridized carbons (Fsp3) is 0.241. The Morgan fingerprint density at radius 2 is 1.09 bits per heavy atom. The Bertz CT molecular complexity index is 1330. The first-order chi connectivity index (χ1) is 16.7. The molecule has 0 fully saturated rings. The number of ether oxygens (including phenoxy) is 2. The lowest BCUT2D eigenvalue weighted by atomic mass is 9.90. The van der Waals surface area contributed by atoms with Crippen LogP contribution in [0.2, 0.25) is 0 Å². The van der Waals surface area contributed by atoms with Gasteiger partial charge >= 0.3 is 11.9 Å². The first-order valence-electron chi connectivity index (χ1n) is 11.4. The smallest absolute Gasteiger partial charge is 0.310 e. The molecule has 0 aromatic heterocycles. The summed E-state index contributed by atoms with van der Waals surface area (Å²) in [6.45, 7) is 3.35. The third kappa shape index (κ3) is 4.52. The van der Waals surface area contributed by atoms with Crippen LogP contribution in [-0.4, -0.2) is 36.4 Å². The minimum absolute atomic E-state index is 0.517. The number of carboxylic acid groups (broad SMARTS) is 2. The third-order valence-electron chi connectivity index (χ3n) is 6.76. The number of hydrogen-bond acceptors (Lipinski definition) is 4. The van der Waals surface area contributed by atoms with Crippen molar-refractivity contribution in [3.63, 3.8) is 0 Å². The lowest BCUT2D eigenvalue weighted by Crippen LogP contribution is -2.07. The van der Waals surface area contributed by atoms with Gasteiger partial charge in [0.1, 0.15) is 11.5 Å². The molecule has 2 atom stereocenters. The van der Waals surface area contributed by atoms with Crippen molar-refractivity contribution >= 4 is 33.5 Å². The number of aliphatic carboxylic acids is 2. The standard InChI is InChI=1S/C29H28O6/c1-16(28(30)31)18-5-9-22-20(13-18)7-11-26(34-3)24(22)15-25-23-10-6-19(17(2)29(32)33)14-21(23)8-12-27(25)35-4/h5-14,16-17H,15H2,1-4H3,(H,30,31)(H,32,33). The molecule has 0 saturated heterocycles. The molecule has 0 bridgehead atoms. The van der Waals surface area contributed by atoms with Gasteiger partial charge in [-0.3, -0.25) is 9.59 Å². The number of methoxy groups -OCH3 is 2. The topological polar surface area (TPSA) is 93.1 Å². The van der Waals surface area contributed by atoms with Crippen LogP contribution >= 0.6 is 0 Å². The van der Waals surface area contributed by atoms with E-state index in [-0.39, 0.29) is 0 Å². The van der Waals surface area contributed by atoms with E-state index in [0.29, 0.717) is 6.42 Å². The Morgan fingerprint density at radius 3 is 1.43 bits per heavy atom. The van der Waals surface area contributed by atoms with Crippen molar-refractivity contribution in [3.8, 4) is 11.5 Å². The number of benzene rings is 4. The van der Waals surface area contributed by atoms with Crippen LogP contribution in [0.1, 0.15) is 47.9 Å². The lowest BCUT2D eigenvalue weighted by molar-refractivity contribution is -0.139. The normalized spacial score (nSPS) is 12.9. The van der Waals surface area contributed by atoms with Crippen molar-refractivity contribution in [2.75, 3.05) is 14.2 Å². The number of carboxylic acids is 2. The van der Waals surface area contributed by atoms with Crippen LogP contribution in [0.5, 0.6) is 11.5 Å². The van der Waals surface area contributed by atoms with Crippen molar-refractivity contribution in [3.05, 3.63) is 82.9 Å². The summed E-state index contributed by atoms with van der Waals surface area (Å²) >= 11 is 0. The molecule has 0 aliphatic rings. The minimum Gasteiger partial charge on any atom is -0.496 e.